The number of rotatable bonds is 10. The maximum absolute atomic E-state index is 14.7. The van der Waals surface area contributed by atoms with Crippen LogP contribution in [-0.4, -0.2) is 40.0 Å². The van der Waals surface area contributed by atoms with Crippen molar-refractivity contribution in [3.05, 3.63) is 109 Å². The van der Waals surface area contributed by atoms with E-state index in [-0.39, 0.29) is 17.9 Å². The molecular weight excluding hydrogens is 566 g/mol. The van der Waals surface area contributed by atoms with Crippen molar-refractivity contribution < 1.29 is 19.1 Å². The van der Waals surface area contributed by atoms with Gasteiger partial charge >= 0.3 is 0 Å². The fraction of sp³-hybridized carbons (Fsp3) is 0.278. The Morgan fingerprint density at radius 2 is 1.47 bits per heavy atom. The van der Waals surface area contributed by atoms with Crippen LogP contribution in [0.4, 0.5) is 5.69 Å². The van der Waals surface area contributed by atoms with E-state index in [4.69, 9.17) is 9.47 Å². The molecule has 230 valence electrons. The van der Waals surface area contributed by atoms with Crippen molar-refractivity contribution in [2.24, 2.45) is 0 Å². The second-order valence-corrected chi connectivity index (χ2v) is 11.3. The standard InChI is InChI=1S/C36H37N5O4/c1-25(41-33-16-10-9-15-32(33)38-39-41)36(43)40(28-19-23-31(24-20-28)45-30-13-7-4-8-14-30)34(26-17-21-29(44-2)22-18-26)35(42)37-27-11-5-3-6-12-27/h4,7-10,13-25,27,34H,3,5-6,11-12H2,1-2H3,(H,37,42)/t25-,34+/m1/s1. The van der Waals surface area contributed by atoms with Crippen LogP contribution >= 0.6 is 0 Å². The molecule has 5 aromatic rings. The summed E-state index contributed by atoms with van der Waals surface area (Å²) in [4.78, 5) is 30.6. The van der Waals surface area contributed by atoms with Gasteiger partial charge in [0.05, 0.1) is 12.6 Å². The number of para-hydroxylation sites is 2. The fourth-order valence-electron chi connectivity index (χ4n) is 5.91. The molecule has 6 rings (SSSR count). The van der Waals surface area contributed by atoms with E-state index in [0.717, 1.165) is 31.2 Å². The minimum atomic E-state index is -0.955. The first kappa shape index (κ1) is 29.9. The number of aromatic nitrogens is 3. The third kappa shape index (κ3) is 6.67. The maximum atomic E-state index is 14.7. The van der Waals surface area contributed by atoms with Crippen LogP contribution in [0.1, 0.15) is 56.7 Å². The van der Waals surface area contributed by atoms with Gasteiger partial charge in [-0.15, -0.1) is 5.10 Å². The second-order valence-electron chi connectivity index (χ2n) is 11.3. The number of hydrogen-bond donors (Lipinski definition) is 1. The topological polar surface area (TPSA) is 98.6 Å². The first-order valence-corrected chi connectivity index (χ1v) is 15.4. The zero-order chi connectivity index (χ0) is 31.2. The molecule has 9 nitrogen and oxygen atoms in total. The summed E-state index contributed by atoms with van der Waals surface area (Å²) in [6.07, 6.45) is 5.14. The molecule has 1 fully saturated rings. The van der Waals surface area contributed by atoms with Crippen LogP contribution in [0.2, 0.25) is 0 Å². The van der Waals surface area contributed by atoms with Crippen molar-refractivity contribution in [1.82, 2.24) is 20.3 Å². The van der Waals surface area contributed by atoms with Gasteiger partial charge in [-0.3, -0.25) is 14.5 Å². The number of ether oxygens (including phenoxy) is 2. The highest BCUT2D eigenvalue weighted by molar-refractivity contribution is 6.03. The number of hydrogen-bond acceptors (Lipinski definition) is 6. The van der Waals surface area contributed by atoms with Gasteiger partial charge in [-0.05, 0) is 86.0 Å². The van der Waals surface area contributed by atoms with Gasteiger partial charge in [0, 0.05) is 11.7 Å². The molecule has 1 saturated carbocycles. The van der Waals surface area contributed by atoms with Crippen LogP contribution in [0.25, 0.3) is 11.0 Å². The van der Waals surface area contributed by atoms with E-state index in [0.29, 0.717) is 34.0 Å². The summed E-state index contributed by atoms with van der Waals surface area (Å²) in [6.45, 7) is 1.79. The Labute approximate surface area is 262 Å². The third-order valence-electron chi connectivity index (χ3n) is 8.32. The highest BCUT2D eigenvalue weighted by Crippen LogP contribution is 2.34. The summed E-state index contributed by atoms with van der Waals surface area (Å²) < 4.78 is 13.0. The minimum absolute atomic E-state index is 0.0577. The Kier molecular flexibility index (Phi) is 9.05. The van der Waals surface area contributed by atoms with Gasteiger partial charge in [0.15, 0.2) is 0 Å². The first-order chi connectivity index (χ1) is 22.0. The van der Waals surface area contributed by atoms with E-state index < -0.39 is 12.1 Å². The van der Waals surface area contributed by atoms with Crippen molar-refractivity contribution in [3.63, 3.8) is 0 Å². The molecule has 1 aromatic heterocycles. The molecule has 1 heterocycles. The third-order valence-corrected chi connectivity index (χ3v) is 8.32. The number of nitrogens with one attached hydrogen (secondary N) is 1. The molecular formula is C36H37N5O4. The number of amides is 2. The Morgan fingerprint density at radius 1 is 0.822 bits per heavy atom. The molecule has 2 amide bonds. The Bertz CT molecular complexity index is 1730. The Hall–Kier alpha value is -5.18. The number of anilines is 1. The molecule has 45 heavy (non-hydrogen) atoms. The normalized spacial score (nSPS) is 14.8. The zero-order valence-electron chi connectivity index (χ0n) is 25.5. The minimum Gasteiger partial charge on any atom is -0.497 e. The monoisotopic (exact) mass is 603 g/mol. The lowest BCUT2D eigenvalue weighted by Crippen LogP contribution is -2.48. The summed E-state index contributed by atoms with van der Waals surface area (Å²) in [5, 5.41) is 11.9. The zero-order valence-corrected chi connectivity index (χ0v) is 25.5. The number of methoxy groups -OCH3 is 1. The molecule has 1 aliphatic rings. The van der Waals surface area contributed by atoms with E-state index in [9.17, 15) is 9.59 Å². The summed E-state index contributed by atoms with van der Waals surface area (Å²) >= 11 is 0. The quantitative estimate of drug-likeness (QED) is 0.184. The van der Waals surface area contributed by atoms with Gasteiger partial charge in [0.1, 0.15) is 34.8 Å². The predicted molar refractivity (Wildman–Crippen MR) is 173 cm³/mol. The smallest absolute Gasteiger partial charge is 0.252 e. The van der Waals surface area contributed by atoms with Crippen LogP contribution in [0, 0.1) is 0 Å². The molecule has 4 aromatic carbocycles. The molecule has 1 aliphatic carbocycles. The molecule has 0 aliphatic heterocycles. The Morgan fingerprint density at radius 3 is 2.18 bits per heavy atom. The lowest BCUT2D eigenvalue weighted by atomic mass is 9.94. The summed E-state index contributed by atoms with van der Waals surface area (Å²) in [7, 11) is 1.60. The number of carbonyl (C=O) groups excluding carboxylic acids is 2. The molecule has 0 spiro atoms. The molecule has 2 atom stereocenters. The molecule has 9 heteroatoms. The highest BCUT2D eigenvalue weighted by atomic mass is 16.5. The number of benzene rings is 4. The van der Waals surface area contributed by atoms with Crippen LogP contribution < -0.4 is 19.7 Å². The van der Waals surface area contributed by atoms with Crippen LogP contribution in [0.15, 0.2) is 103 Å². The molecule has 0 bridgehead atoms. The molecule has 0 radical (unpaired) electrons. The van der Waals surface area contributed by atoms with Gasteiger partial charge in [0.25, 0.3) is 5.91 Å². The van der Waals surface area contributed by atoms with E-state index in [2.05, 4.69) is 15.6 Å². The first-order valence-electron chi connectivity index (χ1n) is 15.4. The predicted octanol–water partition coefficient (Wildman–Crippen LogP) is 7.02. The average molecular weight is 604 g/mol. The van der Waals surface area contributed by atoms with Gasteiger partial charge < -0.3 is 14.8 Å². The van der Waals surface area contributed by atoms with Gasteiger partial charge in [-0.25, -0.2) is 4.68 Å². The van der Waals surface area contributed by atoms with Crippen molar-refractivity contribution in [2.45, 2.75) is 57.2 Å². The van der Waals surface area contributed by atoms with Gasteiger partial charge in [0.2, 0.25) is 5.91 Å². The van der Waals surface area contributed by atoms with Crippen LogP contribution in [0.5, 0.6) is 17.2 Å². The second kappa shape index (κ2) is 13.6. The maximum Gasteiger partial charge on any atom is 0.252 e. The lowest BCUT2D eigenvalue weighted by molar-refractivity contribution is -0.128. The van der Waals surface area contributed by atoms with Gasteiger partial charge in [-0.2, -0.15) is 0 Å². The fourth-order valence-corrected chi connectivity index (χ4v) is 5.91. The average Bonchev–Trinajstić information content (AvgIpc) is 3.52. The highest BCUT2D eigenvalue weighted by Gasteiger charge is 2.37. The number of nitrogens with zero attached hydrogens (tertiary/aromatic N) is 4. The number of carbonyl (C=O) groups is 2. The van der Waals surface area contributed by atoms with Crippen molar-refractivity contribution in [2.75, 3.05) is 12.0 Å². The van der Waals surface area contributed by atoms with Crippen LogP contribution in [0.3, 0.4) is 0 Å². The lowest BCUT2D eigenvalue weighted by Gasteiger charge is -2.35. The summed E-state index contributed by atoms with van der Waals surface area (Å²) in [6, 6.07) is 29.9. The molecule has 0 saturated heterocycles. The summed E-state index contributed by atoms with van der Waals surface area (Å²) in [5.41, 5.74) is 2.64. The largest absolute Gasteiger partial charge is 0.497 e. The van der Waals surface area contributed by atoms with E-state index in [1.807, 2.05) is 103 Å². The molecule has 1 N–H and O–H groups in total. The van der Waals surface area contributed by atoms with Crippen molar-refractivity contribution in [3.8, 4) is 17.2 Å². The SMILES string of the molecule is COc1ccc([C@@H](C(=O)NC2CCCCC2)N(C(=O)[C@@H](C)n2nnc3ccccc32)c2ccc(Oc3ccccc3)cc2)cc1. The van der Waals surface area contributed by atoms with Crippen molar-refractivity contribution >= 4 is 28.5 Å². The van der Waals surface area contributed by atoms with Gasteiger partial charge in [-0.1, -0.05) is 66.9 Å². The van der Waals surface area contributed by atoms with Crippen LogP contribution in [-0.2, 0) is 9.59 Å². The number of fused-ring (bicyclic) bond motifs is 1. The van der Waals surface area contributed by atoms with Crippen molar-refractivity contribution in [1.29, 1.82) is 0 Å². The Balaban J connectivity index is 1.42. The molecule has 0 unspecified atom stereocenters. The van der Waals surface area contributed by atoms with E-state index in [1.54, 1.807) is 23.6 Å². The van der Waals surface area contributed by atoms with E-state index in [1.165, 1.54) is 6.42 Å². The summed E-state index contributed by atoms with van der Waals surface area (Å²) in [5.74, 6) is 1.43. The van der Waals surface area contributed by atoms with E-state index >= 15 is 0 Å².